The summed E-state index contributed by atoms with van der Waals surface area (Å²) >= 11 is 1.02. The first-order chi connectivity index (χ1) is 10.5. The van der Waals surface area contributed by atoms with Crippen molar-refractivity contribution in [2.75, 3.05) is 13.2 Å². The smallest absolute Gasteiger partial charge is 0.365 e. The van der Waals surface area contributed by atoms with E-state index in [1.165, 1.54) is 19.3 Å². The van der Waals surface area contributed by atoms with Crippen LogP contribution < -0.4 is 0 Å². The highest BCUT2D eigenvalue weighted by molar-refractivity contribution is 8.02. The number of hydrogen-bond acceptors (Lipinski definition) is 7. The SMILES string of the molecule is CCOP(=O)(OCC)C(=CC(C)=O)c1occc1CSC#N. The number of allylic oxidation sites excluding steroid dienone is 1. The Balaban J connectivity index is 3.36. The quantitative estimate of drug-likeness (QED) is 0.377. The maximum atomic E-state index is 13.0. The lowest BCUT2D eigenvalue weighted by atomic mass is 10.2. The summed E-state index contributed by atoms with van der Waals surface area (Å²) in [6.07, 6.45) is 2.62. The lowest BCUT2D eigenvalue weighted by Gasteiger charge is -2.19. The van der Waals surface area contributed by atoms with Gasteiger partial charge in [-0.15, -0.1) is 0 Å². The Bertz CT molecular complexity index is 621. The average Bonchev–Trinajstić information content (AvgIpc) is 2.90. The number of furan rings is 1. The number of ketones is 1. The molecule has 0 N–H and O–H groups in total. The van der Waals surface area contributed by atoms with E-state index in [9.17, 15) is 9.36 Å². The van der Waals surface area contributed by atoms with Gasteiger partial charge in [-0.3, -0.25) is 9.36 Å². The molecule has 1 aromatic heterocycles. The van der Waals surface area contributed by atoms with Gasteiger partial charge >= 0.3 is 7.60 Å². The molecule has 120 valence electrons. The van der Waals surface area contributed by atoms with Crippen LogP contribution in [0.25, 0.3) is 5.31 Å². The predicted molar refractivity (Wildman–Crippen MR) is 85.1 cm³/mol. The molecule has 0 aliphatic carbocycles. The highest BCUT2D eigenvalue weighted by atomic mass is 32.2. The van der Waals surface area contributed by atoms with Crippen LogP contribution in [-0.4, -0.2) is 19.0 Å². The Kier molecular flexibility index (Phi) is 7.63. The van der Waals surface area contributed by atoms with E-state index in [0.717, 1.165) is 11.8 Å². The zero-order valence-corrected chi connectivity index (χ0v) is 14.4. The molecule has 1 heterocycles. The van der Waals surface area contributed by atoms with Crippen LogP contribution in [0.2, 0.25) is 0 Å². The van der Waals surface area contributed by atoms with E-state index in [-0.39, 0.29) is 30.1 Å². The normalized spacial score (nSPS) is 12.2. The van der Waals surface area contributed by atoms with Gasteiger partial charge in [0.2, 0.25) is 0 Å². The van der Waals surface area contributed by atoms with Crippen LogP contribution >= 0.6 is 19.4 Å². The van der Waals surface area contributed by atoms with Crippen LogP contribution in [-0.2, 0) is 24.2 Å². The number of carbonyl (C=O) groups excluding carboxylic acids is 1. The van der Waals surface area contributed by atoms with Crippen LogP contribution in [0, 0.1) is 10.7 Å². The molecule has 1 aromatic rings. The van der Waals surface area contributed by atoms with Gasteiger partial charge in [0.1, 0.15) is 16.5 Å². The van der Waals surface area contributed by atoms with E-state index in [2.05, 4.69) is 0 Å². The molecule has 0 bridgehead atoms. The van der Waals surface area contributed by atoms with Crippen molar-refractivity contribution < 1.29 is 22.8 Å². The van der Waals surface area contributed by atoms with Crippen LogP contribution in [0.5, 0.6) is 0 Å². The van der Waals surface area contributed by atoms with E-state index < -0.39 is 7.60 Å². The Hall–Kier alpha value is -1.32. The van der Waals surface area contributed by atoms with E-state index >= 15 is 0 Å². The minimum atomic E-state index is -3.68. The molecule has 0 aliphatic heterocycles. The summed E-state index contributed by atoms with van der Waals surface area (Å²) in [5, 5.41) is 10.7. The van der Waals surface area contributed by atoms with Crippen molar-refractivity contribution in [3.63, 3.8) is 0 Å². The van der Waals surface area contributed by atoms with Crippen LogP contribution in [0.15, 0.2) is 22.8 Å². The van der Waals surface area contributed by atoms with Gasteiger partial charge in [-0.25, -0.2) is 0 Å². The second-order valence-corrected chi connectivity index (χ2v) is 6.88. The summed E-state index contributed by atoms with van der Waals surface area (Å²) in [4.78, 5) is 11.5. The molecule has 0 saturated carbocycles. The van der Waals surface area contributed by atoms with Gasteiger partial charge in [0.15, 0.2) is 5.78 Å². The van der Waals surface area contributed by atoms with E-state index in [1.807, 2.05) is 5.40 Å². The largest absolute Gasteiger partial charge is 0.464 e. The topological polar surface area (TPSA) is 89.5 Å². The van der Waals surface area contributed by atoms with Gasteiger partial charge in [0.05, 0.1) is 19.5 Å². The molecule has 1 rings (SSSR count). The molecule has 0 radical (unpaired) electrons. The van der Waals surface area contributed by atoms with Crippen molar-refractivity contribution in [1.82, 2.24) is 0 Å². The van der Waals surface area contributed by atoms with Gasteiger partial charge in [0, 0.05) is 11.3 Å². The molecule has 0 unspecified atom stereocenters. The third-order valence-corrected chi connectivity index (χ3v) is 5.21. The fourth-order valence-electron chi connectivity index (χ4n) is 1.76. The summed E-state index contributed by atoms with van der Waals surface area (Å²) in [5.74, 6) is 0.295. The summed E-state index contributed by atoms with van der Waals surface area (Å²) in [7, 11) is -3.68. The number of nitrogens with zero attached hydrogens (tertiary/aromatic N) is 1. The van der Waals surface area contributed by atoms with Crippen LogP contribution in [0.4, 0.5) is 0 Å². The van der Waals surface area contributed by atoms with Crippen molar-refractivity contribution in [1.29, 1.82) is 5.26 Å². The second kappa shape index (κ2) is 8.96. The lowest BCUT2D eigenvalue weighted by molar-refractivity contribution is -0.112. The number of rotatable bonds is 9. The van der Waals surface area contributed by atoms with E-state index in [0.29, 0.717) is 11.3 Å². The summed E-state index contributed by atoms with van der Waals surface area (Å²) in [6, 6.07) is 1.66. The highest BCUT2D eigenvalue weighted by Gasteiger charge is 2.34. The summed E-state index contributed by atoms with van der Waals surface area (Å²) in [6.45, 7) is 5.04. The van der Waals surface area contributed by atoms with Crippen molar-refractivity contribution in [2.45, 2.75) is 26.5 Å². The van der Waals surface area contributed by atoms with Gasteiger partial charge < -0.3 is 13.5 Å². The first kappa shape index (κ1) is 18.7. The van der Waals surface area contributed by atoms with Crippen molar-refractivity contribution in [3.8, 4) is 5.40 Å². The molecule has 0 aliphatic rings. The van der Waals surface area contributed by atoms with E-state index in [1.54, 1.807) is 19.9 Å². The molecule has 0 aromatic carbocycles. The minimum absolute atomic E-state index is 0.0854. The molecule has 22 heavy (non-hydrogen) atoms. The van der Waals surface area contributed by atoms with Gasteiger partial charge in [-0.2, -0.15) is 5.26 Å². The van der Waals surface area contributed by atoms with Gasteiger partial charge in [0.25, 0.3) is 0 Å². The zero-order chi connectivity index (χ0) is 16.6. The van der Waals surface area contributed by atoms with Crippen molar-refractivity contribution in [3.05, 3.63) is 29.7 Å². The maximum absolute atomic E-state index is 13.0. The maximum Gasteiger partial charge on any atom is 0.365 e. The molecule has 0 spiro atoms. The Morgan fingerprint density at radius 2 is 2.09 bits per heavy atom. The Morgan fingerprint density at radius 3 is 2.59 bits per heavy atom. The molecule has 0 fully saturated rings. The first-order valence-corrected chi connectivity index (χ1v) is 9.20. The summed E-state index contributed by atoms with van der Waals surface area (Å²) < 4.78 is 29.0. The molecule has 0 amide bonds. The zero-order valence-electron chi connectivity index (χ0n) is 12.7. The van der Waals surface area contributed by atoms with E-state index in [4.69, 9.17) is 18.7 Å². The first-order valence-electron chi connectivity index (χ1n) is 6.68. The molecular formula is C14H18NO5PS. The monoisotopic (exact) mass is 343 g/mol. The van der Waals surface area contributed by atoms with Crippen molar-refractivity contribution >= 4 is 30.5 Å². The highest BCUT2D eigenvalue weighted by Crippen LogP contribution is 2.61. The Morgan fingerprint density at radius 1 is 1.45 bits per heavy atom. The van der Waals surface area contributed by atoms with Gasteiger partial charge in [-0.05, 0) is 44.7 Å². The Labute approximate surface area is 134 Å². The molecule has 6 nitrogen and oxygen atoms in total. The number of hydrogen-bond donors (Lipinski definition) is 0. The molecule has 0 atom stereocenters. The average molecular weight is 343 g/mol. The van der Waals surface area contributed by atoms with Crippen LogP contribution in [0.3, 0.4) is 0 Å². The number of thioether (sulfide) groups is 1. The fourth-order valence-corrected chi connectivity index (χ4v) is 4.03. The number of nitriles is 1. The number of thiocyanates is 1. The lowest BCUT2D eigenvalue weighted by Crippen LogP contribution is -2.01. The predicted octanol–water partition coefficient (Wildman–Crippen LogP) is 4.19. The number of carbonyl (C=O) groups is 1. The second-order valence-electron chi connectivity index (χ2n) is 4.13. The van der Waals surface area contributed by atoms with Crippen LogP contribution in [0.1, 0.15) is 32.1 Å². The summed E-state index contributed by atoms with van der Waals surface area (Å²) in [5.41, 5.74) is 0.652. The van der Waals surface area contributed by atoms with Gasteiger partial charge in [-0.1, -0.05) is 0 Å². The van der Waals surface area contributed by atoms with Crippen molar-refractivity contribution in [2.24, 2.45) is 0 Å². The molecule has 0 saturated heterocycles. The fraction of sp³-hybridized carbons (Fsp3) is 0.429. The molecule has 8 heteroatoms. The third kappa shape index (κ3) is 4.85. The standard InChI is InChI=1S/C14H18NO5PS/c1-4-19-21(17,20-5-2)13(8-11(3)16)14-12(6-7-18-14)9-22-10-15/h6-8H,4-5,9H2,1-3H3. The minimum Gasteiger partial charge on any atom is -0.464 e. The third-order valence-electron chi connectivity index (χ3n) is 2.50. The molecular weight excluding hydrogens is 325 g/mol.